The Morgan fingerprint density at radius 1 is 1.10 bits per heavy atom. The Bertz CT molecular complexity index is 1320. The van der Waals surface area contributed by atoms with Crippen molar-refractivity contribution in [3.63, 3.8) is 0 Å². The third kappa shape index (κ3) is 4.52. The lowest BCUT2D eigenvalue weighted by atomic mass is 10.1. The predicted octanol–water partition coefficient (Wildman–Crippen LogP) is 5.18. The van der Waals surface area contributed by atoms with Crippen LogP contribution in [0.1, 0.15) is 10.4 Å². The van der Waals surface area contributed by atoms with E-state index in [1.54, 1.807) is 42.5 Å². The first-order valence-electron chi connectivity index (χ1n) is 8.93. The van der Waals surface area contributed by atoms with E-state index in [4.69, 9.17) is 28.2 Å². The molecule has 0 atom stereocenters. The lowest BCUT2D eigenvalue weighted by Gasteiger charge is -2.10. The number of carbonyl (C=O) groups is 1. The molecule has 3 aromatic carbocycles. The molecule has 154 valence electrons. The van der Waals surface area contributed by atoms with E-state index >= 15 is 0 Å². The molecule has 0 radical (unpaired) electrons. The van der Waals surface area contributed by atoms with E-state index in [1.807, 2.05) is 0 Å². The zero-order valence-electron chi connectivity index (χ0n) is 15.7. The molecule has 0 aliphatic heterocycles. The summed E-state index contributed by atoms with van der Waals surface area (Å²) < 4.78 is 5.73. The predicted molar refractivity (Wildman–Crippen MR) is 121 cm³/mol. The summed E-state index contributed by atoms with van der Waals surface area (Å²) >= 11 is 11.1. The number of thiocarbonyl (C=S) groups is 1. The average Bonchev–Trinajstić information content (AvgIpc) is 3.17. The summed E-state index contributed by atoms with van der Waals surface area (Å²) in [6.45, 7) is 0. The highest BCUT2D eigenvalue weighted by molar-refractivity contribution is 7.80. The summed E-state index contributed by atoms with van der Waals surface area (Å²) in [6, 6.07) is 17.9. The van der Waals surface area contributed by atoms with Gasteiger partial charge in [0.2, 0.25) is 5.89 Å². The quantitative estimate of drug-likeness (QED) is 0.249. The van der Waals surface area contributed by atoms with Gasteiger partial charge in [-0.1, -0.05) is 23.7 Å². The Balaban J connectivity index is 1.44. The number of benzene rings is 3. The van der Waals surface area contributed by atoms with E-state index in [-0.39, 0.29) is 16.4 Å². The summed E-state index contributed by atoms with van der Waals surface area (Å²) in [4.78, 5) is 27.2. The topological polar surface area (TPSA) is 110 Å². The SMILES string of the molecule is O=C(NC(=S)Nc1ccc(-c2nc3cc(Cl)ccc3o2)cc1)c1ccccc1[N+](=O)[O-]. The number of carbonyl (C=O) groups excluding carboxylic acids is 1. The number of nitrogens with zero attached hydrogens (tertiary/aromatic N) is 2. The summed E-state index contributed by atoms with van der Waals surface area (Å²) in [5, 5.41) is 17.0. The summed E-state index contributed by atoms with van der Waals surface area (Å²) in [5.41, 5.74) is 2.25. The molecule has 1 amide bonds. The minimum absolute atomic E-state index is 0.00686. The normalized spacial score (nSPS) is 10.6. The molecule has 0 aliphatic carbocycles. The van der Waals surface area contributed by atoms with Crippen LogP contribution in [0.2, 0.25) is 5.02 Å². The molecule has 2 N–H and O–H groups in total. The molecule has 10 heteroatoms. The van der Waals surface area contributed by atoms with Gasteiger partial charge in [-0.2, -0.15) is 0 Å². The Labute approximate surface area is 186 Å². The van der Waals surface area contributed by atoms with Crippen LogP contribution in [0.4, 0.5) is 11.4 Å². The molecule has 8 nitrogen and oxygen atoms in total. The lowest BCUT2D eigenvalue weighted by Crippen LogP contribution is -2.34. The van der Waals surface area contributed by atoms with Crippen LogP contribution < -0.4 is 10.6 Å². The van der Waals surface area contributed by atoms with E-state index < -0.39 is 10.8 Å². The van der Waals surface area contributed by atoms with E-state index in [0.29, 0.717) is 27.7 Å². The lowest BCUT2D eigenvalue weighted by molar-refractivity contribution is -0.385. The van der Waals surface area contributed by atoms with Gasteiger partial charge in [0.25, 0.3) is 11.6 Å². The third-order valence-electron chi connectivity index (χ3n) is 4.31. The number of anilines is 1. The van der Waals surface area contributed by atoms with Crippen LogP contribution in [0.15, 0.2) is 71.1 Å². The number of nitro groups is 1. The zero-order chi connectivity index (χ0) is 22.0. The number of nitro benzene ring substituents is 1. The Kier molecular flexibility index (Phi) is 5.61. The number of fused-ring (bicyclic) bond motifs is 1. The fraction of sp³-hybridized carbons (Fsp3) is 0. The minimum atomic E-state index is -0.674. The van der Waals surface area contributed by atoms with Gasteiger partial charge in [-0.25, -0.2) is 4.98 Å². The van der Waals surface area contributed by atoms with Crippen molar-refractivity contribution in [2.24, 2.45) is 0 Å². The van der Waals surface area contributed by atoms with Gasteiger partial charge in [0.1, 0.15) is 11.1 Å². The number of halogens is 1. The van der Waals surface area contributed by atoms with Crippen LogP contribution in [0.3, 0.4) is 0 Å². The first kappa shape index (κ1) is 20.5. The van der Waals surface area contributed by atoms with Crippen molar-refractivity contribution >= 4 is 57.3 Å². The second kappa shape index (κ2) is 8.50. The van der Waals surface area contributed by atoms with Gasteiger partial charge in [-0.05, 0) is 60.7 Å². The van der Waals surface area contributed by atoms with E-state index in [1.165, 1.54) is 24.3 Å². The highest BCUT2D eigenvalue weighted by Crippen LogP contribution is 2.27. The molecule has 0 saturated carbocycles. The summed E-state index contributed by atoms with van der Waals surface area (Å²) in [6.07, 6.45) is 0. The fourth-order valence-corrected chi connectivity index (χ4v) is 3.25. The Morgan fingerprint density at radius 2 is 1.84 bits per heavy atom. The van der Waals surface area contributed by atoms with Crippen LogP contribution in [-0.4, -0.2) is 20.9 Å². The number of aromatic nitrogens is 1. The molecule has 0 fully saturated rings. The Hall–Kier alpha value is -3.82. The molecule has 0 bridgehead atoms. The van der Waals surface area contributed by atoms with Crippen molar-refractivity contribution in [3.05, 3.63) is 87.4 Å². The monoisotopic (exact) mass is 452 g/mol. The zero-order valence-corrected chi connectivity index (χ0v) is 17.2. The second-order valence-corrected chi connectivity index (χ2v) is 7.24. The van der Waals surface area contributed by atoms with Crippen LogP contribution >= 0.6 is 23.8 Å². The molecule has 4 aromatic rings. The molecule has 31 heavy (non-hydrogen) atoms. The van der Waals surface area contributed by atoms with Gasteiger partial charge in [0.05, 0.1) is 4.92 Å². The number of para-hydroxylation sites is 1. The molecule has 4 rings (SSSR count). The van der Waals surface area contributed by atoms with E-state index in [2.05, 4.69) is 15.6 Å². The molecule has 1 heterocycles. The number of oxazole rings is 1. The van der Waals surface area contributed by atoms with Crippen molar-refractivity contribution in [1.29, 1.82) is 0 Å². The maximum atomic E-state index is 12.3. The van der Waals surface area contributed by atoms with Gasteiger partial charge >= 0.3 is 0 Å². The van der Waals surface area contributed by atoms with Gasteiger partial charge < -0.3 is 9.73 Å². The molecule has 0 saturated heterocycles. The largest absolute Gasteiger partial charge is 0.436 e. The van der Waals surface area contributed by atoms with Gasteiger partial charge in [-0.3, -0.25) is 20.2 Å². The van der Waals surface area contributed by atoms with Crippen molar-refractivity contribution in [2.45, 2.75) is 0 Å². The van der Waals surface area contributed by atoms with Crippen LogP contribution in [-0.2, 0) is 0 Å². The standard InChI is InChI=1S/C21H13ClN4O4S/c22-13-7-10-18-16(11-13)24-20(30-18)12-5-8-14(9-6-12)23-21(31)25-19(27)15-3-1-2-4-17(15)26(28)29/h1-11H,(H2,23,25,27,31). The van der Waals surface area contributed by atoms with Crippen molar-refractivity contribution in [1.82, 2.24) is 10.3 Å². The number of rotatable bonds is 4. The molecule has 1 aromatic heterocycles. The molecule has 0 aliphatic rings. The number of hydrogen-bond acceptors (Lipinski definition) is 6. The van der Waals surface area contributed by atoms with Crippen molar-refractivity contribution < 1.29 is 14.1 Å². The van der Waals surface area contributed by atoms with Crippen molar-refractivity contribution in [3.8, 4) is 11.5 Å². The summed E-state index contributed by atoms with van der Waals surface area (Å²) in [7, 11) is 0. The van der Waals surface area contributed by atoms with Crippen molar-refractivity contribution in [2.75, 3.05) is 5.32 Å². The maximum absolute atomic E-state index is 12.3. The molecule has 0 spiro atoms. The second-order valence-electron chi connectivity index (χ2n) is 6.39. The van der Waals surface area contributed by atoms with Crippen LogP contribution in [0, 0.1) is 10.1 Å². The average molecular weight is 453 g/mol. The van der Waals surface area contributed by atoms with Gasteiger partial charge in [-0.15, -0.1) is 0 Å². The molecule has 0 unspecified atom stereocenters. The first-order valence-corrected chi connectivity index (χ1v) is 9.71. The Morgan fingerprint density at radius 3 is 2.58 bits per heavy atom. The maximum Gasteiger partial charge on any atom is 0.282 e. The molecular weight excluding hydrogens is 440 g/mol. The summed E-state index contributed by atoms with van der Waals surface area (Å²) in [5.74, 6) is -0.234. The van der Waals surface area contributed by atoms with Gasteiger partial charge in [0, 0.05) is 22.3 Å². The first-order chi connectivity index (χ1) is 14.9. The number of hydrogen-bond donors (Lipinski definition) is 2. The van der Waals surface area contributed by atoms with Crippen LogP contribution in [0.25, 0.3) is 22.6 Å². The highest BCUT2D eigenvalue weighted by atomic mass is 35.5. The van der Waals surface area contributed by atoms with Crippen LogP contribution in [0.5, 0.6) is 0 Å². The van der Waals surface area contributed by atoms with E-state index in [9.17, 15) is 14.9 Å². The van der Waals surface area contributed by atoms with Gasteiger partial charge in [0.15, 0.2) is 10.7 Å². The number of amides is 1. The van der Waals surface area contributed by atoms with E-state index in [0.717, 1.165) is 5.56 Å². The molecular formula is C21H13ClN4O4S. The minimum Gasteiger partial charge on any atom is -0.436 e. The fourth-order valence-electron chi connectivity index (χ4n) is 2.88. The third-order valence-corrected chi connectivity index (χ3v) is 4.75. The smallest absolute Gasteiger partial charge is 0.282 e. The highest BCUT2D eigenvalue weighted by Gasteiger charge is 2.20. The number of nitrogens with one attached hydrogen (secondary N) is 2.